The lowest BCUT2D eigenvalue weighted by molar-refractivity contribution is 0.169. The fourth-order valence-corrected chi connectivity index (χ4v) is 4.31. The molecule has 0 amide bonds. The van der Waals surface area contributed by atoms with Crippen LogP contribution in [-0.4, -0.2) is 55.1 Å². The molecule has 1 aromatic rings. The molecule has 2 aliphatic heterocycles. The minimum Gasteiger partial charge on any atom is -0.340 e. The lowest BCUT2D eigenvalue weighted by Crippen LogP contribution is -2.47. The molecule has 2 saturated heterocycles. The van der Waals surface area contributed by atoms with E-state index in [4.69, 9.17) is 0 Å². The van der Waals surface area contributed by atoms with Gasteiger partial charge in [0.25, 0.3) is 0 Å². The smallest absolute Gasteiger partial charge is 0.225 e. The summed E-state index contributed by atoms with van der Waals surface area (Å²) >= 11 is 0. The maximum Gasteiger partial charge on any atom is 0.225 e. The molecule has 6 nitrogen and oxygen atoms in total. The second-order valence-corrected chi connectivity index (χ2v) is 7.90. The number of nitrogens with zero attached hydrogens (tertiary/aromatic N) is 4. The van der Waals surface area contributed by atoms with E-state index in [1.807, 2.05) is 0 Å². The maximum atomic E-state index is 11.8. The molecular weight excluding hydrogens is 276 g/mol. The summed E-state index contributed by atoms with van der Waals surface area (Å²) in [4.78, 5) is 10.8. The first-order valence-electron chi connectivity index (χ1n) is 6.96. The summed E-state index contributed by atoms with van der Waals surface area (Å²) < 4.78 is 25.2. The van der Waals surface area contributed by atoms with Crippen LogP contribution in [0.3, 0.4) is 0 Å². The Labute approximate surface area is 119 Å². The van der Waals surface area contributed by atoms with Crippen molar-refractivity contribution in [3.8, 4) is 0 Å². The molecule has 3 rings (SSSR count). The molecule has 0 radical (unpaired) electrons. The molecule has 7 heteroatoms. The summed E-state index contributed by atoms with van der Waals surface area (Å²) in [5.74, 6) is 0.751. The van der Waals surface area contributed by atoms with Crippen LogP contribution < -0.4 is 4.90 Å². The van der Waals surface area contributed by atoms with E-state index in [0.29, 0.717) is 13.1 Å². The molecule has 0 aromatic carbocycles. The van der Waals surface area contributed by atoms with E-state index in [2.05, 4.69) is 14.9 Å². The molecule has 0 aliphatic carbocycles. The van der Waals surface area contributed by atoms with Crippen molar-refractivity contribution in [1.29, 1.82) is 0 Å². The number of sulfonamides is 1. The largest absolute Gasteiger partial charge is 0.340 e. The minimum atomic E-state index is -3.09. The number of hydrogen-bond donors (Lipinski definition) is 0. The highest BCUT2D eigenvalue weighted by Crippen LogP contribution is 2.40. The summed E-state index contributed by atoms with van der Waals surface area (Å²) in [6.45, 7) is 3.04. The Hall–Kier alpha value is -1.21. The molecule has 1 atom stereocenters. The van der Waals surface area contributed by atoms with Gasteiger partial charge in [0, 0.05) is 44.0 Å². The minimum absolute atomic E-state index is 0.0700. The fraction of sp³-hybridized carbons (Fsp3) is 0.692. The fourth-order valence-electron chi connectivity index (χ4n) is 3.34. The monoisotopic (exact) mass is 296 g/mol. The van der Waals surface area contributed by atoms with E-state index in [-0.39, 0.29) is 5.41 Å². The average molecular weight is 296 g/mol. The Kier molecular flexibility index (Phi) is 3.41. The second kappa shape index (κ2) is 4.96. The summed E-state index contributed by atoms with van der Waals surface area (Å²) in [5, 5.41) is 0. The molecule has 0 bridgehead atoms. The Morgan fingerprint density at radius 3 is 2.60 bits per heavy atom. The van der Waals surface area contributed by atoms with Gasteiger partial charge < -0.3 is 4.90 Å². The van der Waals surface area contributed by atoms with Crippen molar-refractivity contribution < 1.29 is 8.42 Å². The highest BCUT2D eigenvalue weighted by Gasteiger charge is 2.43. The van der Waals surface area contributed by atoms with Gasteiger partial charge in [-0.2, -0.15) is 0 Å². The Balaban J connectivity index is 1.75. The van der Waals surface area contributed by atoms with Gasteiger partial charge in [0.15, 0.2) is 0 Å². The van der Waals surface area contributed by atoms with Gasteiger partial charge in [-0.25, -0.2) is 22.7 Å². The number of rotatable bonds is 2. The summed E-state index contributed by atoms with van der Waals surface area (Å²) in [6.07, 6.45) is 7.84. The molecule has 2 aliphatic rings. The molecule has 0 N–H and O–H groups in total. The average Bonchev–Trinajstić information content (AvgIpc) is 2.83. The molecule has 1 spiro atoms. The van der Waals surface area contributed by atoms with E-state index < -0.39 is 10.0 Å². The third kappa shape index (κ3) is 2.64. The van der Waals surface area contributed by atoms with E-state index in [1.54, 1.807) is 22.8 Å². The molecular formula is C13H20N4O2S. The quantitative estimate of drug-likeness (QED) is 0.805. The SMILES string of the molecule is CS(=O)(=O)N1CCC[C@@]2(CCN(c3ncccn3)C2)C1. The predicted molar refractivity (Wildman–Crippen MR) is 76.9 cm³/mol. The molecule has 0 saturated carbocycles. The molecule has 3 heterocycles. The molecule has 0 unspecified atom stereocenters. The van der Waals surface area contributed by atoms with Crippen LogP contribution >= 0.6 is 0 Å². The molecule has 1 aromatic heterocycles. The third-order valence-electron chi connectivity index (χ3n) is 4.37. The summed E-state index contributed by atoms with van der Waals surface area (Å²) in [5.41, 5.74) is 0.0700. The van der Waals surface area contributed by atoms with Crippen LogP contribution in [0.25, 0.3) is 0 Å². The standard InChI is InChI=1S/C13H20N4O2S/c1-20(18,19)17-8-2-4-13(11-17)5-9-16(10-13)12-14-6-3-7-15-12/h3,6-7H,2,4-5,8-11H2,1H3/t13-/m0/s1. The zero-order valence-corrected chi connectivity index (χ0v) is 12.5. The third-order valence-corrected chi connectivity index (χ3v) is 5.62. The van der Waals surface area contributed by atoms with E-state index in [1.165, 1.54) is 6.26 Å². The maximum absolute atomic E-state index is 11.8. The lowest BCUT2D eigenvalue weighted by Gasteiger charge is -2.39. The van der Waals surface area contributed by atoms with Gasteiger partial charge in [-0.15, -0.1) is 0 Å². The van der Waals surface area contributed by atoms with Gasteiger partial charge in [0.1, 0.15) is 0 Å². The Bertz CT molecular complexity index is 577. The first-order chi connectivity index (χ1) is 9.49. The predicted octanol–water partition coefficient (Wildman–Crippen LogP) is 0.728. The first kappa shape index (κ1) is 13.8. The molecule has 20 heavy (non-hydrogen) atoms. The van der Waals surface area contributed by atoms with Gasteiger partial charge in [0.05, 0.1) is 6.26 Å². The zero-order chi connectivity index (χ0) is 14.2. The van der Waals surface area contributed by atoms with Crippen molar-refractivity contribution in [2.75, 3.05) is 37.3 Å². The van der Waals surface area contributed by atoms with Crippen molar-refractivity contribution in [1.82, 2.24) is 14.3 Å². The number of aromatic nitrogens is 2. The van der Waals surface area contributed by atoms with Gasteiger partial charge in [-0.05, 0) is 25.3 Å². The van der Waals surface area contributed by atoms with Crippen molar-refractivity contribution in [3.63, 3.8) is 0 Å². The van der Waals surface area contributed by atoms with Crippen LogP contribution in [0, 0.1) is 5.41 Å². The highest BCUT2D eigenvalue weighted by molar-refractivity contribution is 7.88. The topological polar surface area (TPSA) is 66.4 Å². The highest BCUT2D eigenvalue weighted by atomic mass is 32.2. The van der Waals surface area contributed by atoms with Crippen molar-refractivity contribution in [2.45, 2.75) is 19.3 Å². The van der Waals surface area contributed by atoms with Crippen LogP contribution in [-0.2, 0) is 10.0 Å². The van der Waals surface area contributed by atoms with Gasteiger partial charge in [-0.3, -0.25) is 0 Å². The van der Waals surface area contributed by atoms with Crippen LogP contribution in [0.2, 0.25) is 0 Å². The Morgan fingerprint density at radius 1 is 1.15 bits per heavy atom. The van der Waals surface area contributed by atoms with Crippen LogP contribution in [0.5, 0.6) is 0 Å². The molecule has 110 valence electrons. The van der Waals surface area contributed by atoms with Gasteiger partial charge in [-0.1, -0.05) is 0 Å². The number of anilines is 1. The van der Waals surface area contributed by atoms with E-state index in [9.17, 15) is 8.42 Å². The van der Waals surface area contributed by atoms with Gasteiger partial charge >= 0.3 is 0 Å². The van der Waals surface area contributed by atoms with Crippen LogP contribution in [0.1, 0.15) is 19.3 Å². The van der Waals surface area contributed by atoms with Crippen LogP contribution in [0.15, 0.2) is 18.5 Å². The van der Waals surface area contributed by atoms with E-state index in [0.717, 1.165) is 38.3 Å². The summed E-state index contributed by atoms with van der Waals surface area (Å²) in [7, 11) is -3.09. The van der Waals surface area contributed by atoms with Crippen LogP contribution in [0.4, 0.5) is 5.95 Å². The van der Waals surface area contributed by atoms with Crippen molar-refractivity contribution >= 4 is 16.0 Å². The van der Waals surface area contributed by atoms with Gasteiger partial charge in [0.2, 0.25) is 16.0 Å². The molecule has 2 fully saturated rings. The number of piperidine rings is 1. The second-order valence-electron chi connectivity index (χ2n) is 5.92. The van der Waals surface area contributed by atoms with Crippen molar-refractivity contribution in [2.24, 2.45) is 5.41 Å². The number of hydrogen-bond acceptors (Lipinski definition) is 5. The van der Waals surface area contributed by atoms with E-state index >= 15 is 0 Å². The normalized spacial score (nSPS) is 28.1. The first-order valence-corrected chi connectivity index (χ1v) is 8.81. The Morgan fingerprint density at radius 2 is 1.90 bits per heavy atom. The van der Waals surface area contributed by atoms with Crippen molar-refractivity contribution in [3.05, 3.63) is 18.5 Å². The lowest BCUT2D eigenvalue weighted by atomic mass is 9.80. The zero-order valence-electron chi connectivity index (χ0n) is 11.7. The summed E-state index contributed by atoms with van der Waals surface area (Å²) in [6, 6.07) is 1.81.